The van der Waals surface area contributed by atoms with Crippen LogP contribution in [0.15, 0.2) is 29.9 Å². The van der Waals surface area contributed by atoms with Crippen LogP contribution in [0.5, 0.6) is 0 Å². The zero-order chi connectivity index (χ0) is 15.2. The van der Waals surface area contributed by atoms with Crippen molar-refractivity contribution >= 4 is 17.2 Å². The van der Waals surface area contributed by atoms with E-state index >= 15 is 0 Å². The number of fused-ring (bicyclic) bond motifs is 1. The molecule has 0 radical (unpaired) electrons. The number of carbonyl (C=O) groups is 1. The van der Waals surface area contributed by atoms with E-state index in [0.29, 0.717) is 6.42 Å². The second kappa shape index (κ2) is 7.58. The number of carbonyl (C=O) groups excluding carboxylic acids is 1. The van der Waals surface area contributed by atoms with Crippen molar-refractivity contribution in [3.05, 3.63) is 40.6 Å². The third-order valence-electron chi connectivity index (χ3n) is 4.21. The number of unbranched alkanes of at least 4 members (excludes halogenated alkanes) is 2. The van der Waals surface area contributed by atoms with Crippen molar-refractivity contribution < 1.29 is 4.79 Å². The number of hydrogen-bond acceptors (Lipinski definition) is 3. The molecule has 0 saturated heterocycles. The van der Waals surface area contributed by atoms with Crippen LogP contribution in [0.2, 0.25) is 0 Å². The minimum atomic E-state index is 0.199. The molecule has 118 valence electrons. The fourth-order valence-electron chi connectivity index (χ4n) is 3.00. The van der Waals surface area contributed by atoms with E-state index in [1.54, 1.807) is 0 Å². The quantitative estimate of drug-likeness (QED) is 0.797. The molecule has 1 amide bonds. The third-order valence-corrected chi connectivity index (χ3v) is 5.14. The molecule has 5 heteroatoms. The number of hydrogen-bond donors (Lipinski definition) is 1. The van der Waals surface area contributed by atoms with E-state index in [1.807, 2.05) is 23.7 Å². The van der Waals surface area contributed by atoms with Gasteiger partial charge in [-0.15, -0.1) is 11.3 Å². The molecule has 0 bridgehead atoms. The van der Waals surface area contributed by atoms with E-state index in [4.69, 9.17) is 0 Å². The highest BCUT2D eigenvalue weighted by atomic mass is 32.1. The average Bonchev–Trinajstić information content (AvgIpc) is 3.17. The smallest absolute Gasteiger partial charge is 0.220 e. The monoisotopic (exact) mass is 317 g/mol. The van der Waals surface area contributed by atoms with Crippen molar-refractivity contribution in [3.63, 3.8) is 0 Å². The summed E-state index contributed by atoms with van der Waals surface area (Å²) in [5.74, 6) is 1.34. The molecular weight excluding hydrogens is 294 g/mol. The predicted octanol–water partition coefficient (Wildman–Crippen LogP) is 3.18. The molecule has 0 aromatic carbocycles. The lowest BCUT2D eigenvalue weighted by Crippen LogP contribution is -2.40. The van der Waals surface area contributed by atoms with Gasteiger partial charge in [0.25, 0.3) is 0 Å². The van der Waals surface area contributed by atoms with Crippen molar-refractivity contribution in [1.29, 1.82) is 0 Å². The predicted molar refractivity (Wildman–Crippen MR) is 89.0 cm³/mol. The Kier molecular flexibility index (Phi) is 5.27. The molecule has 0 aliphatic carbocycles. The summed E-state index contributed by atoms with van der Waals surface area (Å²) in [7, 11) is 0. The molecule has 4 nitrogen and oxygen atoms in total. The van der Waals surface area contributed by atoms with Crippen molar-refractivity contribution in [3.8, 4) is 0 Å². The second-order valence-corrected chi connectivity index (χ2v) is 6.97. The zero-order valence-corrected chi connectivity index (χ0v) is 13.6. The van der Waals surface area contributed by atoms with E-state index in [9.17, 15) is 4.79 Å². The summed E-state index contributed by atoms with van der Waals surface area (Å²) in [6, 6.07) is 4.55. The Labute approximate surface area is 135 Å². The van der Waals surface area contributed by atoms with Gasteiger partial charge in [0.2, 0.25) is 5.91 Å². The molecule has 0 spiro atoms. The lowest BCUT2D eigenvalue weighted by Gasteiger charge is -2.24. The van der Waals surface area contributed by atoms with Crippen LogP contribution in [0, 0.1) is 0 Å². The molecule has 1 N–H and O–H groups in total. The van der Waals surface area contributed by atoms with Crippen LogP contribution < -0.4 is 5.32 Å². The maximum absolute atomic E-state index is 12.0. The minimum Gasteiger partial charge on any atom is -0.352 e. The standard InChI is InChI=1S/C17H23N3OS/c21-17(7-3-1-2-5-15-6-4-12-22-15)19-14-8-9-16-18-10-11-20(16)13-14/h4,6,10-12,14H,1-3,5,7-9,13H2,(H,19,21). The van der Waals surface area contributed by atoms with Gasteiger partial charge in [0.15, 0.2) is 0 Å². The largest absolute Gasteiger partial charge is 0.352 e. The van der Waals surface area contributed by atoms with Gasteiger partial charge < -0.3 is 9.88 Å². The summed E-state index contributed by atoms with van der Waals surface area (Å²) in [5, 5.41) is 5.29. The fraction of sp³-hybridized carbons (Fsp3) is 0.529. The zero-order valence-electron chi connectivity index (χ0n) is 12.8. The van der Waals surface area contributed by atoms with Gasteiger partial charge in [-0.1, -0.05) is 12.5 Å². The molecule has 2 aromatic heterocycles. The average molecular weight is 317 g/mol. The van der Waals surface area contributed by atoms with Gasteiger partial charge in [-0.05, 0) is 37.1 Å². The van der Waals surface area contributed by atoms with E-state index in [-0.39, 0.29) is 11.9 Å². The number of amides is 1. The van der Waals surface area contributed by atoms with Gasteiger partial charge in [0, 0.05) is 42.7 Å². The maximum Gasteiger partial charge on any atom is 0.220 e. The Morgan fingerprint density at radius 2 is 2.36 bits per heavy atom. The molecular formula is C17H23N3OS. The second-order valence-electron chi connectivity index (χ2n) is 5.94. The Balaban J connectivity index is 1.30. The number of nitrogens with zero attached hydrogens (tertiary/aromatic N) is 2. The molecule has 1 unspecified atom stereocenters. The summed E-state index contributed by atoms with van der Waals surface area (Å²) in [6.07, 6.45) is 10.9. The molecule has 2 aromatic rings. The summed E-state index contributed by atoms with van der Waals surface area (Å²) in [4.78, 5) is 17.8. The number of aryl methyl sites for hydroxylation is 2. The van der Waals surface area contributed by atoms with Gasteiger partial charge >= 0.3 is 0 Å². The molecule has 1 aliphatic heterocycles. The van der Waals surface area contributed by atoms with Crippen molar-refractivity contribution in [1.82, 2.24) is 14.9 Å². The number of thiophene rings is 1. The highest BCUT2D eigenvalue weighted by molar-refractivity contribution is 7.09. The SMILES string of the molecule is O=C(CCCCCc1cccs1)NC1CCc2nccn2C1. The number of imidazole rings is 1. The third kappa shape index (κ3) is 4.19. The van der Waals surface area contributed by atoms with Gasteiger partial charge in [-0.2, -0.15) is 0 Å². The molecule has 22 heavy (non-hydrogen) atoms. The number of nitrogens with one attached hydrogen (secondary N) is 1. The maximum atomic E-state index is 12.0. The van der Waals surface area contributed by atoms with Crippen LogP contribution >= 0.6 is 11.3 Å². The normalized spacial score (nSPS) is 17.2. The van der Waals surface area contributed by atoms with Gasteiger partial charge in [0.05, 0.1) is 0 Å². The Hall–Kier alpha value is -1.62. The summed E-state index contributed by atoms with van der Waals surface area (Å²) in [6.45, 7) is 0.861. The van der Waals surface area contributed by atoms with E-state index in [2.05, 4.69) is 32.4 Å². The Morgan fingerprint density at radius 3 is 3.23 bits per heavy atom. The van der Waals surface area contributed by atoms with Crippen molar-refractivity contribution in [2.45, 2.75) is 57.5 Å². The lowest BCUT2D eigenvalue weighted by molar-refractivity contribution is -0.122. The molecule has 1 aliphatic rings. The Bertz CT molecular complexity index is 591. The minimum absolute atomic E-state index is 0.199. The van der Waals surface area contributed by atoms with Crippen LogP contribution in [0.25, 0.3) is 0 Å². The van der Waals surface area contributed by atoms with E-state index in [1.165, 1.54) is 11.3 Å². The highest BCUT2D eigenvalue weighted by Gasteiger charge is 2.19. The van der Waals surface area contributed by atoms with Crippen molar-refractivity contribution in [2.75, 3.05) is 0 Å². The lowest BCUT2D eigenvalue weighted by atomic mass is 10.1. The van der Waals surface area contributed by atoms with Crippen LogP contribution in [0.3, 0.4) is 0 Å². The van der Waals surface area contributed by atoms with Gasteiger partial charge in [-0.25, -0.2) is 4.98 Å². The number of rotatable bonds is 7. The molecule has 1 atom stereocenters. The highest BCUT2D eigenvalue weighted by Crippen LogP contribution is 2.15. The summed E-state index contributed by atoms with van der Waals surface area (Å²) >= 11 is 1.82. The molecule has 3 rings (SSSR count). The first-order valence-corrected chi connectivity index (χ1v) is 9.01. The van der Waals surface area contributed by atoms with Crippen LogP contribution in [0.4, 0.5) is 0 Å². The topological polar surface area (TPSA) is 46.9 Å². The molecule has 3 heterocycles. The Morgan fingerprint density at radius 1 is 1.41 bits per heavy atom. The number of aromatic nitrogens is 2. The first-order chi connectivity index (χ1) is 10.8. The van der Waals surface area contributed by atoms with Crippen LogP contribution in [0.1, 0.15) is 42.8 Å². The molecule has 0 fully saturated rings. The van der Waals surface area contributed by atoms with Crippen LogP contribution in [-0.4, -0.2) is 21.5 Å². The van der Waals surface area contributed by atoms with E-state index < -0.39 is 0 Å². The van der Waals surface area contributed by atoms with Gasteiger partial charge in [-0.3, -0.25) is 4.79 Å². The first-order valence-electron chi connectivity index (χ1n) is 8.13. The van der Waals surface area contributed by atoms with Crippen molar-refractivity contribution in [2.24, 2.45) is 0 Å². The van der Waals surface area contributed by atoms with E-state index in [0.717, 1.165) is 44.5 Å². The summed E-state index contributed by atoms with van der Waals surface area (Å²) < 4.78 is 2.15. The fourth-order valence-corrected chi connectivity index (χ4v) is 3.75. The van der Waals surface area contributed by atoms with Crippen LogP contribution in [-0.2, 0) is 24.2 Å². The first kappa shape index (κ1) is 15.3. The summed E-state index contributed by atoms with van der Waals surface area (Å²) in [5.41, 5.74) is 0. The van der Waals surface area contributed by atoms with Gasteiger partial charge in [0.1, 0.15) is 5.82 Å². The molecule has 0 saturated carbocycles.